The summed E-state index contributed by atoms with van der Waals surface area (Å²) in [6.07, 6.45) is 0. The molecule has 128 valence electrons. The van der Waals surface area contributed by atoms with E-state index in [2.05, 4.69) is 9.72 Å². The van der Waals surface area contributed by atoms with Gasteiger partial charge in [0.1, 0.15) is 5.60 Å². The molecule has 0 bridgehead atoms. The number of ether oxygens (including phenoxy) is 1. The van der Waals surface area contributed by atoms with Gasteiger partial charge in [-0.3, -0.25) is 4.79 Å². The number of hydrogen-bond donors (Lipinski definition) is 1. The Bertz CT molecular complexity index is 767. The number of para-hydroxylation sites is 1. The van der Waals surface area contributed by atoms with E-state index in [9.17, 15) is 13.2 Å². The molecule has 1 heterocycles. The summed E-state index contributed by atoms with van der Waals surface area (Å²) in [6, 6.07) is 7.48. The number of aromatic amines is 1. The smallest absolute Gasteiger partial charge is 0.293 e. The minimum atomic E-state index is -3.22. The zero-order valence-corrected chi connectivity index (χ0v) is 15.3. The Balaban J connectivity index is 0.000000322. The summed E-state index contributed by atoms with van der Waals surface area (Å²) in [5.41, 5.74) is 1.27. The molecule has 0 fully saturated rings. The molecular weight excluding hydrogens is 314 g/mol. The van der Waals surface area contributed by atoms with Crippen molar-refractivity contribution in [3.8, 4) is 0 Å². The normalized spacial score (nSPS) is 12.0. The summed E-state index contributed by atoms with van der Waals surface area (Å²) in [4.78, 5) is 13.1. The highest BCUT2D eigenvalue weighted by Gasteiger charge is 2.25. The first kappa shape index (κ1) is 19.2. The number of carbonyl (C=O) groups is 1. The summed E-state index contributed by atoms with van der Waals surface area (Å²) >= 11 is 0. The molecule has 1 N–H and O–H groups in total. The van der Waals surface area contributed by atoms with Crippen molar-refractivity contribution in [1.82, 2.24) is 4.98 Å². The van der Waals surface area contributed by atoms with Gasteiger partial charge in [0, 0.05) is 16.6 Å². The van der Waals surface area contributed by atoms with Gasteiger partial charge < -0.3 is 9.72 Å². The molecule has 2 rings (SSSR count). The van der Waals surface area contributed by atoms with Gasteiger partial charge in [-0.05, 0) is 47.6 Å². The molecule has 0 saturated heterocycles. The van der Waals surface area contributed by atoms with Gasteiger partial charge in [0.2, 0.25) is 0 Å². The molecule has 5 nitrogen and oxygen atoms in total. The average molecular weight is 339 g/mol. The lowest BCUT2D eigenvalue weighted by Crippen LogP contribution is -2.17. The Hall–Kier alpha value is -1.82. The monoisotopic (exact) mass is 339 g/mol. The first-order valence-electron chi connectivity index (χ1n) is 7.43. The van der Waals surface area contributed by atoms with Gasteiger partial charge in [0.05, 0.1) is 10.1 Å². The van der Waals surface area contributed by atoms with Crippen LogP contribution in [-0.2, 0) is 19.4 Å². The summed E-state index contributed by atoms with van der Waals surface area (Å²) in [5, 5.41) is 0.388. The third-order valence-corrected chi connectivity index (χ3v) is 5.48. The van der Waals surface area contributed by atoms with Crippen LogP contribution in [0.1, 0.15) is 40.3 Å². The van der Waals surface area contributed by atoms with Crippen LogP contribution in [0.15, 0.2) is 29.2 Å². The van der Waals surface area contributed by atoms with Gasteiger partial charge in [-0.1, -0.05) is 18.2 Å². The lowest BCUT2D eigenvalue weighted by molar-refractivity contribution is -0.138. The number of aromatic nitrogens is 1. The number of aryl methyl sites for hydroxylation is 1. The lowest BCUT2D eigenvalue weighted by atomic mass is 10.2. The second kappa shape index (κ2) is 7.17. The first-order chi connectivity index (χ1) is 10.5. The third kappa shape index (κ3) is 4.82. The number of H-pyrrole nitrogens is 1. The maximum absolute atomic E-state index is 12.2. The zero-order chi connectivity index (χ0) is 17.8. The number of nitrogens with one attached hydrogen (secondary N) is 1. The molecule has 0 spiro atoms. The van der Waals surface area contributed by atoms with Crippen molar-refractivity contribution in [2.75, 3.05) is 0 Å². The number of sulfone groups is 1. The number of fused-ring (bicyclic) bond motifs is 1. The van der Waals surface area contributed by atoms with Crippen molar-refractivity contribution in [3.05, 3.63) is 30.0 Å². The molecule has 2 aromatic rings. The molecule has 1 aromatic carbocycles. The van der Waals surface area contributed by atoms with Crippen LogP contribution >= 0.6 is 0 Å². The van der Waals surface area contributed by atoms with E-state index < -0.39 is 15.1 Å². The topological polar surface area (TPSA) is 76.2 Å². The fraction of sp³-hybridized carbons (Fsp3) is 0.471. The molecule has 6 heteroatoms. The van der Waals surface area contributed by atoms with Gasteiger partial charge in [0.15, 0.2) is 9.84 Å². The van der Waals surface area contributed by atoms with E-state index >= 15 is 0 Å². The van der Waals surface area contributed by atoms with Crippen LogP contribution in [0, 0.1) is 6.92 Å². The molecule has 0 aliphatic carbocycles. The number of benzene rings is 1. The van der Waals surface area contributed by atoms with E-state index in [0.717, 1.165) is 16.6 Å². The Morgan fingerprint density at radius 3 is 2.17 bits per heavy atom. The summed E-state index contributed by atoms with van der Waals surface area (Å²) in [6.45, 7) is 11.1. The van der Waals surface area contributed by atoms with E-state index in [1.54, 1.807) is 20.8 Å². The summed E-state index contributed by atoms with van der Waals surface area (Å²) in [5.74, 6) is 0. The van der Waals surface area contributed by atoms with E-state index in [1.807, 2.05) is 45.0 Å². The SMILES string of the molecule is CC(C)(C)OC=O.Cc1[nH]c2ccccc2c1S(=O)(=O)C(C)C. The van der Waals surface area contributed by atoms with E-state index in [4.69, 9.17) is 0 Å². The predicted octanol–water partition coefficient (Wildman–Crippen LogP) is 3.62. The quantitative estimate of drug-likeness (QED) is 0.867. The molecule has 0 amide bonds. The summed E-state index contributed by atoms with van der Waals surface area (Å²) < 4.78 is 29.0. The van der Waals surface area contributed by atoms with Crippen LogP contribution in [0.2, 0.25) is 0 Å². The largest absolute Gasteiger partial charge is 0.462 e. The van der Waals surface area contributed by atoms with E-state index in [1.165, 1.54) is 0 Å². The molecule has 0 aliphatic rings. The molecule has 23 heavy (non-hydrogen) atoms. The van der Waals surface area contributed by atoms with Crippen molar-refractivity contribution < 1.29 is 17.9 Å². The standard InChI is InChI=1S/C12H15NO2S.C5H10O2/c1-8(2)16(14,15)12-9(3)13-11-7-5-4-6-10(11)12;1-5(2,3)7-4-6/h4-8,13H,1-3H3;4H,1-3H3. The second-order valence-corrected chi connectivity index (χ2v) is 8.99. The van der Waals surface area contributed by atoms with Gasteiger partial charge in [-0.15, -0.1) is 0 Å². The predicted molar refractivity (Wildman–Crippen MR) is 92.3 cm³/mol. The van der Waals surface area contributed by atoms with Crippen LogP contribution in [0.5, 0.6) is 0 Å². The Kier molecular flexibility index (Phi) is 5.99. The highest BCUT2D eigenvalue weighted by molar-refractivity contribution is 7.92. The van der Waals surface area contributed by atoms with Gasteiger partial charge in [-0.2, -0.15) is 0 Å². The minimum absolute atomic E-state index is 0.318. The number of hydrogen-bond acceptors (Lipinski definition) is 4. The van der Waals surface area contributed by atoms with Crippen molar-refractivity contribution in [3.63, 3.8) is 0 Å². The van der Waals surface area contributed by atoms with Crippen molar-refractivity contribution >= 4 is 27.2 Å². The van der Waals surface area contributed by atoms with Gasteiger partial charge in [-0.25, -0.2) is 8.42 Å². The van der Waals surface area contributed by atoms with Crippen LogP contribution in [0.4, 0.5) is 0 Å². The van der Waals surface area contributed by atoms with Crippen LogP contribution in [0.3, 0.4) is 0 Å². The molecular formula is C17H25NO4S. The Morgan fingerprint density at radius 1 is 1.17 bits per heavy atom. The van der Waals surface area contributed by atoms with Crippen LogP contribution in [-0.4, -0.2) is 30.7 Å². The fourth-order valence-electron chi connectivity index (χ4n) is 2.00. The zero-order valence-electron chi connectivity index (χ0n) is 14.5. The van der Waals surface area contributed by atoms with Crippen molar-refractivity contribution in [2.24, 2.45) is 0 Å². The van der Waals surface area contributed by atoms with E-state index in [0.29, 0.717) is 11.4 Å². The Morgan fingerprint density at radius 2 is 1.74 bits per heavy atom. The van der Waals surface area contributed by atoms with Crippen molar-refractivity contribution in [2.45, 2.75) is 57.3 Å². The molecule has 0 saturated carbocycles. The van der Waals surface area contributed by atoms with Gasteiger partial charge >= 0.3 is 0 Å². The average Bonchev–Trinajstić information content (AvgIpc) is 2.74. The maximum atomic E-state index is 12.2. The molecule has 0 aliphatic heterocycles. The summed E-state index contributed by atoms with van der Waals surface area (Å²) in [7, 11) is -3.22. The molecule has 0 radical (unpaired) electrons. The van der Waals surface area contributed by atoms with Crippen molar-refractivity contribution in [1.29, 1.82) is 0 Å². The molecule has 0 atom stereocenters. The van der Waals surface area contributed by atoms with Gasteiger partial charge in [0.25, 0.3) is 6.47 Å². The first-order valence-corrected chi connectivity index (χ1v) is 8.98. The van der Waals surface area contributed by atoms with E-state index in [-0.39, 0.29) is 5.60 Å². The second-order valence-electron chi connectivity index (χ2n) is 6.54. The minimum Gasteiger partial charge on any atom is -0.462 e. The molecule has 1 aromatic heterocycles. The molecule has 0 unspecified atom stereocenters. The highest BCUT2D eigenvalue weighted by Crippen LogP contribution is 2.28. The fourth-order valence-corrected chi connectivity index (χ4v) is 3.43. The maximum Gasteiger partial charge on any atom is 0.293 e. The van der Waals surface area contributed by atoms with Crippen LogP contribution < -0.4 is 0 Å². The number of rotatable bonds is 3. The lowest BCUT2D eigenvalue weighted by Gasteiger charge is -2.14. The Labute approximate surface area is 138 Å². The highest BCUT2D eigenvalue weighted by atomic mass is 32.2. The third-order valence-electron chi connectivity index (χ3n) is 3.14. The van der Waals surface area contributed by atoms with Crippen LogP contribution in [0.25, 0.3) is 10.9 Å². The number of carbonyl (C=O) groups excluding carboxylic acids is 1.